The number of carboxylic acid groups (broad SMARTS) is 1. The van der Waals surface area contributed by atoms with E-state index < -0.39 is 66.2 Å². The highest BCUT2D eigenvalue weighted by molar-refractivity contribution is 5.92. The molecule has 1 amide bonds. The predicted molar refractivity (Wildman–Crippen MR) is 158 cm³/mol. The number of fused-ring (bicyclic) bond motifs is 5. The fourth-order valence-electron chi connectivity index (χ4n) is 8.95. The van der Waals surface area contributed by atoms with Crippen molar-refractivity contribution in [2.45, 2.75) is 95.8 Å². The summed E-state index contributed by atoms with van der Waals surface area (Å²) in [5.74, 6) is -2.44. The highest BCUT2D eigenvalue weighted by Gasteiger charge is 2.66. The summed E-state index contributed by atoms with van der Waals surface area (Å²) >= 11 is 0. The summed E-state index contributed by atoms with van der Waals surface area (Å²) in [5.41, 5.74) is -0.714. The third-order valence-corrected chi connectivity index (χ3v) is 11.5. The first-order valence-electron chi connectivity index (χ1n) is 15.7. The molecule has 0 heterocycles. The molecule has 4 N–H and O–H groups in total. The average molecular weight is 610 g/mol. The van der Waals surface area contributed by atoms with E-state index >= 15 is 0 Å². The summed E-state index contributed by atoms with van der Waals surface area (Å²) in [4.78, 5) is 62.1. The molecule has 44 heavy (non-hydrogen) atoms. The Labute approximate surface area is 257 Å². The second kappa shape index (κ2) is 12.2. The first kappa shape index (κ1) is 32.0. The molecule has 3 fully saturated rings. The minimum Gasteiger partial charge on any atom is -0.480 e. The maximum absolute atomic E-state index is 13.4. The van der Waals surface area contributed by atoms with Crippen LogP contribution in [0.4, 0.5) is 0 Å². The van der Waals surface area contributed by atoms with Crippen molar-refractivity contribution in [2.24, 2.45) is 28.6 Å². The number of rotatable bonds is 10. The number of ketones is 2. The maximum atomic E-state index is 13.4. The van der Waals surface area contributed by atoms with Crippen molar-refractivity contribution in [3.8, 4) is 0 Å². The number of amides is 1. The first-order chi connectivity index (χ1) is 20.8. The Balaban J connectivity index is 1.14. The van der Waals surface area contributed by atoms with Crippen LogP contribution >= 0.6 is 0 Å². The first-order valence-corrected chi connectivity index (χ1v) is 15.7. The van der Waals surface area contributed by atoms with Crippen molar-refractivity contribution in [3.63, 3.8) is 0 Å². The second-order valence-corrected chi connectivity index (χ2v) is 13.6. The van der Waals surface area contributed by atoms with Crippen LogP contribution in [0, 0.1) is 28.6 Å². The summed E-state index contributed by atoms with van der Waals surface area (Å²) in [5, 5.41) is 34.0. The van der Waals surface area contributed by atoms with Crippen LogP contribution in [0.15, 0.2) is 42.0 Å². The van der Waals surface area contributed by atoms with E-state index in [-0.39, 0.29) is 17.1 Å². The zero-order chi connectivity index (χ0) is 31.9. The molecule has 0 aromatic heterocycles. The number of carbonyl (C=O) groups is 5. The molecule has 0 aliphatic heterocycles. The van der Waals surface area contributed by atoms with Crippen LogP contribution in [-0.4, -0.2) is 63.0 Å². The van der Waals surface area contributed by atoms with Gasteiger partial charge in [0.1, 0.15) is 11.7 Å². The van der Waals surface area contributed by atoms with Gasteiger partial charge in [0.15, 0.2) is 18.4 Å². The number of esters is 1. The number of aliphatic hydroxyl groups excluding tert-OH is 1. The molecule has 1 aromatic carbocycles. The summed E-state index contributed by atoms with van der Waals surface area (Å²) in [6.07, 6.45) is 5.34. The smallest absolute Gasteiger partial charge is 0.329 e. The Morgan fingerprint density at radius 1 is 0.977 bits per heavy atom. The van der Waals surface area contributed by atoms with Crippen molar-refractivity contribution in [2.75, 3.05) is 6.61 Å². The average Bonchev–Trinajstić information content (AvgIpc) is 3.29. The van der Waals surface area contributed by atoms with Crippen molar-refractivity contribution in [1.29, 1.82) is 0 Å². The lowest BCUT2D eigenvalue weighted by Crippen LogP contribution is -2.58. The zero-order valence-electron chi connectivity index (χ0n) is 25.4. The summed E-state index contributed by atoms with van der Waals surface area (Å²) in [7, 11) is 0. The van der Waals surface area contributed by atoms with Crippen molar-refractivity contribution in [3.05, 3.63) is 47.5 Å². The van der Waals surface area contributed by atoms with Gasteiger partial charge in [0.2, 0.25) is 11.7 Å². The molecule has 5 rings (SSSR count). The van der Waals surface area contributed by atoms with Crippen LogP contribution in [0.25, 0.3) is 0 Å². The zero-order valence-corrected chi connectivity index (χ0v) is 25.4. The number of carbonyl (C=O) groups excluding carboxylic acids is 4. The van der Waals surface area contributed by atoms with E-state index in [1.54, 1.807) is 18.2 Å². The SMILES string of the molecule is C[C@]12CCC(=O)C=C1CC[C@@H]1[C@@H]2CC[C@@]2(C)[C@H]1CC[C@]2(O)C(=O)COC(=O)CCC(=O)NC(C(=O)O)C(O)c1ccccc1. The van der Waals surface area contributed by atoms with Gasteiger partial charge in [0.25, 0.3) is 0 Å². The monoisotopic (exact) mass is 609 g/mol. The van der Waals surface area contributed by atoms with E-state index in [4.69, 9.17) is 4.74 Å². The minimum absolute atomic E-state index is 0.0190. The highest BCUT2D eigenvalue weighted by atomic mass is 16.5. The van der Waals surface area contributed by atoms with E-state index in [0.29, 0.717) is 43.1 Å². The third kappa shape index (κ3) is 5.62. The molecule has 10 nitrogen and oxygen atoms in total. The number of benzene rings is 1. The minimum atomic E-state index is -1.62. The van der Waals surface area contributed by atoms with Crippen LogP contribution in [0.5, 0.6) is 0 Å². The fraction of sp³-hybridized carbons (Fsp3) is 0.618. The van der Waals surface area contributed by atoms with Gasteiger partial charge in [-0.05, 0) is 79.8 Å². The van der Waals surface area contributed by atoms with Gasteiger partial charge < -0.3 is 25.4 Å². The Kier molecular flexibility index (Phi) is 8.88. The summed E-state index contributed by atoms with van der Waals surface area (Å²) < 4.78 is 5.20. The topological polar surface area (TPSA) is 167 Å². The van der Waals surface area contributed by atoms with Gasteiger partial charge in [0.05, 0.1) is 6.42 Å². The molecule has 4 aliphatic rings. The highest BCUT2D eigenvalue weighted by Crippen LogP contribution is 2.67. The van der Waals surface area contributed by atoms with Gasteiger partial charge >= 0.3 is 11.9 Å². The van der Waals surface area contributed by atoms with Gasteiger partial charge in [-0.3, -0.25) is 19.2 Å². The van der Waals surface area contributed by atoms with E-state index in [9.17, 15) is 39.3 Å². The molecule has 8 atom stereocenters. The molecule has 0 radical (unpaired) electrons. The van der Waals surface area contributed by atoms with Crippen molar-refractivity contribution >= 4 is 29.4 Å². The number of Topliss-reactive ketones (excluding diaryl/α,β-unsaturated/α-hetero) is 1. The number of allylic oxidation sites excluding steroid dienone is 1. The Morgan fingerprint density at radius 3 is 2.39 bits per heavy atom. The van der Waals surface area contributed by atoms with E-state index in [0.717, 1.165) is 25.7 Å². The molecule has 1 aromatic rings. The van der Waals surface area contributed by atoms with E-state index in [1.165, 1.54) is 17.7 Å². The predicted octanol–water partition coefficient (Wildman–Crippen LogP) is 3.44. The summed E-state index contributed by atoms with van der Waals surface area (Å²) in [6, 6.07) is 6.44. The van der Waals surface area contributed by atoms with Crippen LogP contribution in [-0.2, 0) is 28.7 Å². The van der Waals surface area contributed by atoms with E-state index in [2.05, 4.69) is 12.2 Å². The summed E-state index contributed by atoms with van der Waals surface area (Å²) in [6.45, 7) is 3.67. The van der Waals surface area contributed by atoms with Crippen LogP contribution in [0.2, 0.25) is 0 Å². The number of hydrogen-bond acceptors (Lipinski definition) is 8. The van der Waals surface area contributed by atoms with Gasteiger partial charge in [-0.2, -0.15) is 0 Å². The Hall–Kier alpha value is -3.37. The molecule has 3 saturated carbocycles. The normalized spacial score (nSPS) is 34.0. The van der Waals surface area contributed by atoms with Gasteiger partial charge in [-0.15, -0.1) is 0 Å². The largest absolute Gasteiger partial charge is 0.480 e. The van der Waals surface area contributed by atoms with E-state index in [1.807, 2.05) is 13.0 Å². The molecular weight excluding hydrogens is 566 g/mol. The number of aliphatic hydroxyl groups is 2. The second-order valence-electron chi connectivity index (χ2n) is 13.6. The van der Waals surface area contributed by atoms with Crippen LogP contribution in [0.1, 0.15) is 89.7 Å². The lowest BCUT2D eigenvalue weighted by Gasteiger charge is -2.58. The quantitative estimate of drug-likeness (QED) is 0.291. The van der Waals surface area contributed by atoms with Crippen molar-refractivity contribution < 1.29 is 44.0 Å². The van der Waals surface area contributed by atoms with Crippen molar-refractivity contribution in [1.82, 2.24) is 5.32 Å². The number of aliphatic carboxylic acids is 1. The molecule has 2 unspecified atom stereocenters. The maximum Gasteiger partial charge on any atom is 0.329 e. The third-order valence-electron chi connectivity index (χ3n) is 11.5. The Morgan fingerprint density at radius 2 is 1.68 bits per heavy atom. The lowest BCUT2D eigenvalue weighted by molar-refractivity contribution is -0.170. The fourth-order valence-corrected chi connectivity index (χ4v) is 8.95. The standard InChI is InChI=1S/C34H43NO9/c1-32-15-12-22(36)18-21(32)8-9-23-24(32)13-16-33(2)25(23)14-17-34(33,43)26(37)19-44-28(39)11-10-27(38)35-29(31(41)42)30(40)20-6-4-3-5-7-20/h3-7,18,23-25,29-30,40,43H,8-17,19H2,1-2H3,(H,35,38)(H,41,42)/t23-,24+,25+,29?,30?,32+,33+,34+/m1/s1. The Bertz CT molecular complexity index is 1360. The molecule has 0 saturated heterocycles. The molecule has 4 aliphatic carbocycles. The van der Waals surface area contributed by atoms with Crippen LogP contribution in [0.3, 0.4) is 0 Å². The van der Waals surface area contributed by atoms with Gasteiger partial charge in [-0.1, -0.05) is 49.8 Å². The molecule has 0 bridgehead atoms. The number of hydrogen-bond donors (Lipinski definition) is 4. The van der Waals surface area contributed by atoms with Gasteiger partial charge in [0, 0.05) is 18.3 Å². The molecule has 238 valence electrons. The van der Waals surface area contributed by atoms with Gasteiger partial charge in [-0.25, -0.2) is 4.79 Å². The number of nitrogens with one attached hydrogen (secondary N) is 1. The number of ether oxygens (including phenoxy) is 1. The lowest BCUT2D eigenvalue weighted by atomic mass is 9.46. The molecule has 0 spiro atoms. The number of carboxylic acids is 1. The van der Waals surface area contributed by atoms with Crippen LogP contribution < -0.4 is 5.32 Å². The molecule has 10 heteroatoms. The molecular formula is C34H43NO9.